The molecule has 24 nitrogen and oxygen atoms in total. The zero-order valence-electron chi connectivity index (χ0n) is 43.5. The van der Waals surface area contributed by atoms with Crippen molar-refractivity contribution in [2.45, 2.75) is 86.7 Å². The Labute approximate surface area is 468 Å². The number of aromatic amines is 1. The van der Waals surface area contributed by atoms with E-state index in [4.69, 9.17) is 38.1 Å². The zero-order chi connectivity index (χ0) is 58.0. The third-order valence-corrected chi connectivity index (χ3v) is 16.6. The number of aromatic nitrogens is 4. The molecule has 1 unspecified atom stereocenters. The van der Waals surface area contributed by atoms with Crippen LogP contribution in [0.25, 0.3) is 22.3 Å². The van der Waals surface area contributed by atoms with Gasteiger partial charge in [0, 0.05) is 46.2 Å². The fourth-order valence-corrected chi connectivity index (χ4v) is 12.1. The number of guanidine groups is 1. The smallest absolute Gasteiger partial charge is 0.355 e. The van der Waals surface area contributed by atoms with Crippen LogP contribution in [0.3, 0.4) is 0 Å². The highest BCUT2D eigenvalue weighted by molar-refractivity contribution is 7.92. The first kappa shape index (κ1) is 56.7. The summed E-state index contributed by atoms with van der Waals surface area (Å²) in [6.07, 6.45) is 1.94. The van der Waals surface area contributed by atoms with Gasteiger partial charge in [-0.1, -0.05) is 63.2 Å². The number of imidazole rings is 1. The number of H-pyrrole nitrogens is 1. The third kappa shape index (κ3) is 12.2. The number of sulfonamides is 2. The number of rotatable bonds is 20. The highest BCUT2D eigenvalue weighted by atomic mass is 32.2. The number of carbonyl (C=O) groups is 4. The van der Waals surface area contributed by atoms with Crippen LogP contribution < -0.4 is 42.4 Å². The molecular weight excluding hydrogens is 1100 g/mol. The maximum Gasteiger partial charge on any atom is 0.355 e. The van der Waals surface area contributed by atoms with Gasteiger partial charge in [-0.2, -0.15) is 0 Å². The number of carboxylic acid groups (broad SMARTS) is 1. The summed E-state index contributed by atoms with van der Waals surface area (Å²) in [4.78, 5) is 84.4. The lowest BCUT2D eigenvalue weighted by Crippen LogP contribution is -2.56. The summed E-state index contributed by atoms with van der Waals surface area (Å²) < 4.78 is 72.9. The number of hydrogen-bond donors (Lipinski definition) is 9. The van der Waals surface area contributed by atoms with Gasteiger partial charge in [0.25, 0.3) is 15.6 Å². The van der Waals surface area contributed by atoms with Crippen LogP contribution in [-0.4, -0.2) is 88.4 Å². The number of esters is 2. The number of benzene rings is 4. The number of ether oxygens (including phenoxy) is 2. The van der Waals surface area contributed by atoms with E-state index in [0.29, 0.717) is 22.6 Å². The average Bonchev–Trinajstić information content (AvgIpc) is 4.13. The van der Waals surface area contributed by atoms with Gasteiger partial charge < -0.3 is 51.5 Å². The van der Waals surface area contributed by atoms with E-state index in [1.54, 1.807) is 31.4 Å². The second-order valence-electron chi connectivity index (χ2n) is 19.4. The van der Waals surface area contributed by atoms with Crippen molar-refractivity contribution in [2.75, 3.05) is 10.0 Å². The molecule has 11 N–H and O–H groups in total. The lowest BCUT2D eigenvalue weighted by atomic mass is 9.85. The van der Waals surface area contributed by atoms with Crippen molar-refractivity contribution in [3.05, 3.63) is 160 Å². The fourth-order valence-electron chi connectivity index (χ4n) is 9.52. The number of aliphatic imine (C=N–C) groups is 1. The molecule has 81 heavy (non-hydrogen) atoms. The normalized spacial score (nSPS) is 15.7. The fraction of sp³-hybridized carbons (Fsp3) is 0.241. The minimum absolute atomic E-state index is 0.0105. The summed E-state index contributed by atoms with van der Waals surface area (Å²) in [5.41, 5.74) is 12.0. The molecule has 1 amide bonds. The molecule has 0 saturated heterocycles. The maximum atomic E-state index is 14.5. The largest absolute Gasteiger partial charge is 0.481 e. The Balaban J connectivity index is 0.907. The third-order valence-electron chi connectivity index (χ3n) is 13.5. The first-order valence-corrected chi connectivity index (χ1v) is 28.5. The van der Waals surface area contributed by atoms with E-state index >= 15 is 0 Å². The van der Waals surface area contributed by atoms with Crippen LogP contribution in [0.5, 0.6) is 0 Å². The second kappa shape index (κ2) is 23.0. The van der Waals surface area contributed by atoms with E-state index in [0.717, 1.165) is 10.9 Å². The van der Waals surface area contributed by atoms with Gasteiger partial charge in [0.15, 0.2) is 11.1 Å². The molecule has 9 rings (SSSR count). The number of carbonyl (C=O) groups excluding carboxylic acids is 3. The van der Waals surface area contributed by atoms with Gasteiger partial charge in [-0.05, 0) is 96.9 Å². The number of nitrogens with two attached hydrogens (primary N) is 2. The number of pyridine rings is 2. The molecule has 0 aliphatic carbocycles. The van der Waals surface area contributed by atoms with Crippen LogP contribution in [-0.2, 0) is 73.9 Å². The van der Waals surface area contributed by atoms with Gasteiger partial charge in [0.1, 0.15) is 18.7 Å². The summed E-state index contributed by atoms with van der Waals surface area (Å²) >= 11 is 5.65. The number of aliphatic carboxylic acids is 1. The Kier molecular flexibility index (Phi) is 16.1. The van der Waals surface area contributed by atoms with Gasteiger partial charge in [0.05, 0.1) is 63.3 Å². The molecule has 5 heterocycles. The molecule has 27 heteroatoms. The summed E-state index contributed by atoms with van der Waals surface area (Å²) in [5, 5.41) is 19.1. The van der Waals surface area contributed by atoms with Crippen molar-refractivity contribution in [2.24, 2.45) is 22.4 Å². The SMILES string of the molecule is CC[C@@]1(OC(=O)[C@H](NC(=O)[C@H](Cc2cnc[nH]2)NC(=S)Nc2cccc(S(=O)(=O)NC(CC(=O)O)c3cccc(NS(=O)(=O)c4cccc(N=C(N)N)c4)c3)c2)C(C)C)C(=O)OCc2c1cc1n(c2=O)Cc2cc3ccccc3nc2-1. The Morgan fingerprint density at radius 1 is 0.914 bits per heavy atom. The van der Waals surface area contributed by atoms with Crippen molar-refractivity contribution in [1.29, 1.82) is 0 Å². The van der Waals surface area contributed by atoms with Crippen molar-refractivity contribution in [3.63, 3.8) is 0 Å². The highest BCUT2D eigenvalue weighted by Gasteiger charge is 2.51. The van der Waals surface area contributed by atoms with E-state index in [1.165, 1.54) is 85.3 Å². The van der Waals surface area contributed by atoms with E-state index in [1.807, 2.05) is 30.3 Å². The summed E-state index contributed by atoms with van der Waals surface area (Å²) in [6, 6.07) is 23.4. The highest BCUT2D eigenvalue weighted by Crippen LogP contribution is 2.41. The Morgan fingerprint density at radius 3 is 2.36 bits per heavy atom. The van der Waals surface area contributed by atoms with Crippen LogP contribution in [0.2, 0.25) is 0 Å². The van der Waals surface area contributed by atoms with E-state index in [9.17, 15) is 45.9 Å². The number of fused-ring (bicyclic) bond motifs is 5. The number of amides is 1. The van der Waals surface area contributed by atoms with E-state index < -0.39 is 85.5 Å². The minimum Gasteiger partial charge on any atom is -0.481 e. The second-order valence-corrected chi connectivity index (χ2v) is 23.2. The number of nitrogens with one attached hydrogen (secondary N) is 6. The van der Waals surface area contributed by atoms with Gasteiger partial charge in [-0.3, -0.25) is 19.1 Å². The maximum absolute atomic E-state index is 14.5. The van der Waals surface area contributed by atoms with Crippen molar-refractivity contribution >= 4 is 95.1 Å². The molecule has 0 radical (unpaired) electrons. The molecular formula is C54H54N12O12S3. The molecule has 7 aromatic rings. The van der Waals surface area contributed by atoms with Gasteiger partial charge in [-0.15, -0.1) is 0 Å². The molecule has 0 spiro atoms. The predicted octanol–water partition coefficient (Wildman–Crippen LogP) is 4.29. The van der Waals surface area contributed by atoms with Crippen LogP contribution in [0.1, 0.15) is 67.6 Å². The predicted molar refractivity (Wildman–Crippen MR) is 302 cm³/mol. The van der Waals surface area contributed by atoms with Gasteiger partial charge in [0.2, 0.25) is 21.5 Å². The standard InChI is InChI=1S/C54H54N12O12S3/c1-4-54(40-23-44-47-32(18-30-10-5-6-17-41(30)61-47)26-66(44)49(70)39(40)27-77-51(54)72)78-50(71)46(29(2)3)63-48(69)43(22-36-25-57-28-58-36)62-53(79)60-34-13-9-16-38(21-34)81(75,76)65-42(24-45(67)68)31-11-7-14-35(19-31)64-80(73,74)37-15-8-12-33(20-37)59-52(55)56/h5-21,23,25,28-29,42-43,46,64-65H,4,22,24,26-27H2,1-3H3,(H,57,58)(H,63,69)(H,67,68)(H4,55,56,59)(H2,60,62,79)/t42?,43-,46+,54-/m0/s1. The van der Waals surface area contributed by atoms with Crippen LogP contribution in [0.4, 0.5) is 17.1 Å². The topological polar surface area (TPSA) is 363 Å². The Bertz CT molecular complexity index is 3980. The van der Waals surface area contributed by atoms with Crippen molar-refractivity contribution < 1.29 is 50.6 Å². The van der Waals surface area contributed by atoms with Crippen molar-refractivity contribution in [1.82, 2.24) is 34.9 Å². The number of para-hydroxylation sites is 1. The van der Waals surface area contributed by atoms with E-state index in [2.05, 4.69) is 40.4 Å². The Morgan fingerprint density at radius 2 is 1.64 bits per heavy atom. The molecule has 0 bridgehead atoms. The molecule has 4 atom stereocenters. The van der Waals surface area contributed by atoms with Crippen LogP contribution in [0.15, 0.2) is 141 Å². The first-order valence-electron chi connectivity index (χ1n) is 25.1. The number of nitrogens with zero attached hydrogens (tertiary/aromatic N) is 4. The first-order chi connectivity index (χ1) is 38.5. The number of carboxylic acids is 1. The summed E-state index contributed by atoms with van der Waals surface area (Å²) in [5.74, 6) is -4.91. The van der Waals surface area contributed by atoms with E-state index in [-0.39, 0.29) is 80.6 Å². The molecule has 0 saturated carbocycles. The van der Waals surface area contributed by atoms with Crippen molar-refractivity contribution in [3.8, 4) is 11.4 Å². The minimum atomic E-state index is -4.53. The number of cyclic esters (lactones) is 1. The van der Waals surface area contributed by atoms with Gasteiger partial charge >= 0.3 is 17.9 Å². The quantitative estimate of drug-likeness (QED) is 0.0222. The summed E-state index contributed by atoms with van der Waals surface area (Å²) in [7, 11) is -8.78. The van der Waals surface area contributed by atoms with Crippen LogP contribution >= 0.6 is 12.2 Å². The monoisotopic (exact) mass is 1160 g/mol. The molecule has 3 aromatic heterocycles. The molecule has 420 valence electrons. The average molecular weight is 1160 g/mol. The zero-order valence-corrected chi connectivity index (χ0v) is 45.9. The molecule has 4 aromatic carbocycles. The molecule has 0 fully saturated rings. The Hall–Kier alpha value is -9.05. The molecule has 2 aliphatic heterocycles. The summed E-state index contributed by atoms with van der Waals surface area (Å²) in [6.45, 7) is 4.82. The number of thiocarbonyl (C=S) groups is 1. The number of anilines is 2. The van der Waals surface area contributed by atoms with Gasteiger partial charge in [-0.25, -0.2) is 46.1 Å². The number of hydrogen-bond acceptors (Lipinski definition) is 15. The lowest BCUT2D eigenvalue weighted by molar-refractivity contribution is -0.191. The lowest BCUT2D eigenvalue weighted by Gasteiger charge is -2.37. The van der Waals surface area contributed by atoms with Crippen LogP contribution in [0, 0.1) is 5.92 Å². The molecule has 2 aliphatic rings.